The van der Waals surface area contributed by atoms with E-state index in [4.69, 9.17) is 9.84 Å². The Morgan fingerprint density at radius 3 is 2.59 bits per heavy atom. The van der Waals surface area contributed by atoms with Gasteiger partial charge in [-0.3, -0.25) is 0 Å². The van der Waals surface area contributed by atoms with Crippen molar-refractivity contribution in [3.8, 4) is 5.75 Å². The molecule has 1 aliphatic carbocycles. The Morgan fingerprint density at radius 1 is 1.47 bits per heavy atom. The Labute approximate surface area is 99.8 Å². The van der Waals surface area contributed by atoms with E-state index in [1.54, 1.807) is 7.11 Å². The lowest BCUT2D eigenvalue weighted by atomic mass is 9.88. The number of methoxy groups -OCH3 is 1. The molecule has 0 spiro atoms. The van der Waals surface area contributed by atoms with Gasteiger partial charge in [-0.2, -0.15) is 0 Å². The van der Waals surface area contributed by atoms with Crippen molar-refractivity contribution in [2.75, 3.05) is 7.11 Å². The van der Waals surface area contributed by atoms with Crippen molar-refractivity contribution >= 4 is 5.97 Å². The third-order valence-electron chi connectivity index (χ3n) is 3.50. The zero-order valence-corrected chi connectivity index (χ0v) is 9.93. The van der Waals surface area contributed by atoms with Gasteiger partial charge in [0.05, 0.1) is 7.11 Å². The third kappa shape index (κ3) is 1.78. The van der Waals surface area contributed by atoms with E-state index in [-0.39, 0.29) is 0 Å². The molecule has 0 saturated heterocycles. The van der Waals surface area contributed by atoms with Crippen LogP contribution in [0.4, 0.5) is 0 Å². The summed E-state index contributed by atoms with van der Waals surface area (Å²) in [5.74, 6) is -0.489. The normalized spacial score (nSPS) is 18.5. The van der Waals surface area contributed by atoms with Crippen LogP contribution >= 0.6 is 0 Å². The SMILES string of the molecule is COc1c(C)cccc1C1(C(O)C(=O)O)CC1. The average Bonchev–Trinajstić information content (AvgIpc) is 3.08. The molecular formula is C13H16O4. The molecule has 4 heteroatoms. The molecular weight excluding hydrogens is 220 g/mol. The first-order valence-electron chi connectivity index (χ1n) is 5.58. The fourth-order valence-electron chi connectivity index (χ4n) is 2.38. The number of ether oxygens (including phenoxy) is 1. The Hall–Kier alpha value is -1.55. The van der Waals surface area contributed by atoms with Crippen molar-refractivity contribution in [2.45, 2.75) is 31.3 Å². The summed E-state index contributed by atoms with van der Waals surface area (Å²) in [5.41, 5.74) is 1.09. The average molecular weight is 236 g/mol. The number of aryl methyl sites for hydroxylation is 1. The molecule has 1 fully saturated rings. The van der Waals surface area contributed by atoms with E-state index in [0.717, 1.165) is 11.1 Å². The molecule has 1 aromatic carbocycles. The maximum Gasteiger partial charge on any atom is 0.333 e. The standard InChI is InChI=1S/C13H16O4/c1-8-4-3-5-9(10(8)17-2)13(6-7-13)11(14)12(15)16/h3-5,11,14H,6-7H2,1-2H3,(H,15,16). The summed E-state index contributed by atoms with van der Waals surface area (Å²) >= 11 is 0. The van der Waals surface area contributed by atoms with Crippen molar-refractivity contribution in [3.05, 3.63) is 29.3 Å². The Bertz CT molecular complexity index is 449. The molecule has 2 N–H and O–H groups in total. The summed E-state index contributed by atoms with van der Waals surface area (Å²) in [4.78, 5) is 11.0. The van der Waals surface area contributed by atoms with Crippen LogP contribution in [0.1, 0.15) is 24.0 Å². The quantitative estimate of drug-likeness (QED) is 0.831. The molecule has 4 nitrogen and oxygen atoms in total. The molecule has 0 amide bonds. The van der Waals surface area contributed by atoms with Crippen LogP contribution < -0.4 is 4.74 Å². The molecule has 0 aliphatic heterocycles. The molecule has 1 aromatic rings. The van der Waals surface area contributed by atoms with Gasteiger partial charge in [-0.15, -0.1) is 0 Å². The first kappa shape index (κ1) is 11.9. The Balaban J connectivity index is 2.47. The van der Waals surface area contributed by atoms with Gasteiger partial charge < -0.3 is 14.9 Å². The van der Waals surface area contributed by atoms with Gasteiger partial charge in [0, 0.05) is 11.0 Å². The highest BCUT2D eigenvalue weighted by Gasteiger charge is 2.55. The second-order valence-electron chi connectivity index (χ2n) is 4.55. The second kappa shape index (κ2) is 4.04. The summed E-state index contributed by atoms with van der Waals surface area (Å²) in [6.07, 6.45) is -0.00111. The predicted octanol–water partition coefficient (Wildman–Crippen LogP) is 1.48. The van der Waals surface area contributed by atoms with Crippen LogP contribution in [0.25, 0.3) is 0 Å². The highest BCUT2D eigenvalue weighted by molar-refractivity contribution is 5.76. The van der Waals surface area contributed by atoms with Crippen molar-refractivity contribution < 1.29 is 19.7 Å². The van der Waals surface area contributed by atoms with Crippen LogP contribution in [-0.2, 0) is 10.2 Å². The monoisotopic (exact) mass is 236 g/mol. The number of para-hydroxylation sites is 1. The van der Waals surface area contributed by atoms with Gasteiger partial charge in [0.25, 0.3) is 0 Å². The lowest BCUT2D eigenvalue weighted by Gasteiger charge is -2.22. The predicted molar refractivity (Wildman–Crippen MR) is 62.3 cm³/mol. The molecule has 1 aliphatic rings. The largest absolute Gasteiger partial charge is 0.496 e. The maximum absolute atomic E-state index is 11.0. The fourth-order valence-corrected chi connectivity index (χ4v) is 2.38. The van der Waals surface area contributed by atoms with Gasteiger partial charge >= 0.3 is 5.97 Å². The van der Waals surface area contributed by atoms with E-state index in [1.165, 1.54) is 0 Å². The molecule has 1 saturated carbocycles. The summed E-state index contributed by atoms with van der Waals surface area (Å²) in [7, 11) is 1.56. The van der Waals surface area contributed by atoms with Gasteiger partial charge in [0.1, 0.15) is 5.75 Å². The smallest absolute Gasteiger partial charge is 0.333 e. The topological polar surface area (TPSA) is 66.8 Å². The molecule has 92 valence electrons. The van der Waals surface area contributed by atoms with E-state index in [9.17, 15) is 9.90 Å². The van der Waals surface area contributed by atoms with Crippen molar-refractivity contribution in [2.24, 2.45) is 0 Å². The van der Waals surface area contributed by atoms with Gasteiger partial charge in [-0.25, -0.2) is 4.79 Å². The molecule has 0 radical (unpaired) electrons. The van der Waals surface area contributed by atoms with Crippen molar-refractivity contribution in [1.29, 1.82) is 0 Å². The van der Waals surface area contributed by atoms with Crippen LogP contribution in [0.3, 0.4) is 0 Å². The highest BCUT2D eigenvalue weighted by atomic mass is 16.5. The number of hydrogen-bond acceptors (Lipinski definition) is 3. The van der Waals surface area contributed by atoms with Crippen molar-refractivity contribution in [1.82, 2.24) is 0 Å². The second-order valence-corrected chi connectivity index (χ2v) is 4.55. The van der Waals surface area contributed by atoms with E-state index in [1.807, 2.05) is 25.1 Å². The molecule has 0 aromatic heterocycles. The number of carboxylic acid groups (broad SMARTS) is 1. The van der Waals surface area contributed by atoms with Gasteiger partial charge in [-0.05, 0) is 25.3 Å². The van der Waals surface area contributed by atoms with Crippen molar-refractivity contribution in [3.63, 3.8) is 0 Å². The number of aliphatic carboxylic acids is 1. The number of rotatable bonds is 4. The molecule has 1 atom stereocenters. The number of benzene rings is 1. The zero-order valence-electron chi connectivity index (χ0n) is 9.93. The Kier molecular flexibility index (Phi) is 2.83. The first-order chi connectivity index (χ1) is 8.03. The molecule has 2 rings (SSSR count). The molecule has 0 bridgehead atoms. The number of carbonyl (C=O) groups is 1. The minimum Gasteiger partial charge on any atom is -0.496 e. The van der Waals surface area contributed by atoms with E-state index in [2.05, 4.69) is 0 Å². The number of carboxylic acids is 1. The number of aliphatic hydroxyl groups excluding tert-OH is 1. The van der Waals surface area contributed by atoms with E-state index in [0.29, 0.717) is 18.6 Å². The summed E-state index contributed by atoms with van der Waals surface area (Å²) < 4.78 is 5.33. The molecule has 0 heterocycles. The summed E-state index contributed by atoms with van der Waals surface area (Å²) in [6.45, 7) is 1.91. The number of aliphatic hydroxyl groups is 1. The van der Waals surface area contributed by atoms with E-state index < -0.39 is 17.5 Å². The van der Waals surface area contributed by atoms with Crippen LogP contribution in [0, 0.1) is 6.92 Å². The van der Waals surface area contributed by atoms with Crippen LogP contribution in [0.2, 0.25) is 0 Å². The lowest BCUT2D eigenvalue weighted by molar-refractivity contribution is -0.148. The number of hydrogen-bond donors (Lipinski definition) is 2. The van der Waals surface area contributed by atoms with Crippen LogP contribution in [0.5, 0.6) is 5.75 Å². The zero-order chi connectivity index (χ0) is 12.6. The maximum atomic E-state index is 11.0. The summed E-state index contributed by atoms with van der Waals surface area (Å²) in [6, 6.07) is 5.61. The lowest BCUT2D eigenvalue weighted by Crippen LogP contribution is -2.34. The fraction of sp³-hybridized carbons (Fsp3) is 0.462. The minimum atomic E-state index is -1.36. The molecule has 1 unspecified atom stereocenters. The van der Waals surface area contributed by atoms with Crippen LogP contribution in [-0.4, -0.2) is 29.4 Å². The molecule has 17 heavy (non-hydrogen) atoms. The summed E-state index contributed by atoms with van der Waals surface area (Å²) in [5, 5.41) is 18.8. The van der Waals surface area contributed by atoms with E-state index >= 15 is 0 Å². The van der Waals surface area contributed by atoms with Gasteiger partial charge in [0.2, 0.25) is 0 Å². The third-order valence-corrected chi connectivity index (χ3v) is 3.50. The van der Waals surface area contributed by atoms with Gasteiger partial charge in [0.15, 0.2) is 6.10 Å². The van der Waals surface area contributed by atoms with Crippen LogP contribution in [0.15, 0.2) is 18.2 Å². The Morgan fingerprint density at radius 2 is 2.12 bits per heavy atom. The minimum absolute atomic E-state index is 0.663. The highest BCUT2D eigenvalue weighted by Crippen LogP contribution is 2.54. The van der Waals surface area contributed by atoms with Gasteiger partial charge in [-0.1, -0.05) is 18.2 Å². The first-order valence-corrected chi connectivity index (χ1v) is 5.58.